The van der Waals surface area contributed by atoms with Gasteiger partial charge < -0.3 is 19.9 Å². The predicted octanol–water partition coefficient (Wildman–Crippen LogP) is 4.66. The van der Waals surface area contributed by atoms with Crippen molar-refractivity contribution in [2.75, 3.05) is 19.5 Å². The van der Waals surface area contributed by atoms with Gasteiger partial charge in [0.05, 0.1) is 19.9 Å². The summed E-state index contributed by atoms with van der Waals surface area (Å²) in [6, 6.07) is 8.82. The highest BCUT2D eigenvalue weighted by Gasteiger charge is 2.09. The standard InChI is InChI=1S/C22H25NO4/c1-15(2)5-9-19-17(12-18(25)13-21(19)26-3)8-6-16-7-10-20(23-14-24)22(11-16)27-4/h5-8,10-14,25H,9H2,1-4H3,(H,23,24)/b8-6+. The number of aromatic hydroxyl groups is 1. The van der Waals surface area contributed by atoms with Crippen LogP contribution in [0.25, 0.3) is 12.2 Å². The summed E-state index contributed by atoms with van der Waals surface area (Å²) in [5, 5.41) is 12.6. The summed E-state index contributed by atoms with van der Waals surface area (Å²) >= 11 is 0. The smallest absolute Gasteiger partial charge is 0.211 e. The first-order valence-electron chi connectivity index (χ1n) is 8.58. The summed E-state index contributed by atoms with van der Waals surface area (Å²) in [5.74, 6) is 1.37. The van der Waals surface area contributed by atoms with Crippen molar-refractivity contribution in [3.8, 4) is 17.2 Å². The van der Waals surface area contributed by atoms with Crippen LogP contribution in [-0.2, 0) is 11.2 Å². The Labute approximate surface area is 159 Å². The summed E-state index contributed by atoms with van der Waals surface area (Å²) in [6.45, 7) is 4.09. The normalized spacial score (nSPS) is 10.5. The molecule has 0 atom stereocenters. The topological polar surface area (TPSA) is 67.8 Å². The molecular formula is C22H25NO4. The molecule has 2 N–H and O–H groups in total. The van der Waals surface area contributed by atoms with Gasteiger partial charge in [0.15, 0.2) is 0 Å². The number of hydrogen-bond acceptors (Lipinski definition) is 4. The number of rotatable bonds is 8. The molecule has 2 rings (SSSR count). The van der Waals surface area contributed by atoms with Crippen LogP contribution < -0.4 is 14.8 Å². The highest BCUT2D eigenvalue weighted by atomic mass is 16.5. The zero-order valence-corrected chi connectivity index (χ0v) is 16.1. The Morgan fingerprint density at radius 1 is 1.07 bits per heavy atom. The van der Waals surface area contributed by atoms with E-state index in [0.717, 1.165) is 16.7 Å². The first-order chi connectivity index (χ1) is 13.0. The molecule has 0 heterocycles. The van der Waals surface area contributed by atoms with Gasteiger partial charge in [0.2, 0.25) is 6.41 Å². The summed E-state index contributed by atoms with van der Waals surface area (Å²) in [6.07, 6.45) is 7.29. The van der Waals surface area contributed by atoms with E-state index in [2.05, 4.69) is 11.4 Å². The Morgan fingerprint density at radius 2 is 1.81 bits per heavy atom. The maximum absolute atomic E-state index is 10.7. The van der Waals surface area contributed by atoms with Crippen molar-refractivity contribution in [1.82, 2.24) is 0 Å². The van der Waals surface area contributed by atoms with Crippen LogP contribution in [0, 0.1) is 0 Å². The zero-order valence-electron chi connectivity index (χ0n) is 16.1. The maximum atomic E-state index is 10.7. The van der Waals surface area contributed by atoms with Crippen molar-refractivity contribution >= 4 is 24.2 Å². The lowest BCUT2D eigenvalue weighted by molar-refractivity contribution is -0.105. The van der Waals surface area contributed by atoms with E-state index in [0.29, 0.717) is 30.0 Å². The largest absolute Gasteiger partial charge is 0.508 e. The lowest BCUT2D eigenvalue weighted by Gasteiger charge is -2.12. The van der Waals surface area contributed by atoms with Crippen molar-refractivity contribution in [1.29, 1.82) is 0 Å². The second kappa shape index (κ2) is 9.48. The molecule has 0 aliphatic heterocycles. The van der Waals surface area contributed by atoms with Gasteiger partial charge in [-0.05, 0) is 49.6 Å². The minimum absolute atomic E-state index is 0.149. The van der Waals surface area contributed by atoms with Crippen molar-refractivity contribution in [2.45, 2.75) is 20.3 Å². The number of methoxy groups -OCH3 is 2. The van der Waals surface area contributed by atoms with Crippen LogP contribution in [0.5, 0.6) is 17.2 Å². The lowest BCUT2D eigenvalue weighted by atomic mass is 10.00. The molecule has 0 aliphatic rings. The van der Waals surface area contributed by atoms with Crippen LogP contribution in [0.3, 0.4) is 0 Å². The number of allylic oxidation sites excluding steroid dienone is 2. The molecule has 0 radical (unpaired) electrons. The second-order valence-corrected chi connectivity index (χ2v) is 6.26. The molecule has 2 aromatic carbocycles. The van der Waals surface area contributed by atoms with Gasteiger partial charge in [0.1, 0.15) is 17.2 Å². The fourth-order valence-electron chi connectivity index (χ4n) is 2.69. The maximum Gasteiger partial charge on any atom is 0.211 e. The quantitative estimate of drug-likeness (QED) is 0.405. The second-order valence-electron chi connectivity index (χ2n) is 6.26. The highest BCUT2D eigenvalue weighted by molar-refractivity contribution is 5.79. The van der Waals surface area contributed by atoms with Gasteiger partial charge in [-0.15, -0.1) is 0 Å². The van der Waals surface area contributed by atoms with Crippen molar-refractivity contribution < 1.29 is 19.4 Å². The third kappa shape index (κ3) is 5.38. The monoisotopic (exact) mass is 367 g/mol. The zero-order chi connectivity index (χ0) is 19.8. The molecule has 0 spiro atoms. The number of benzene rings is 2. The van der Waals surface area contributed by atoms with E-state index in [1.54, 1.807) is 32.4 Å². The molecule has 142 valence electrons. The number of phenolic OH excluding ortho intramolecular Hbond substituents is 1. The van der Waals surface area contributed by atoms with E-state index < -0.39 is 0 Å². The van der Waals surface area contributed by atoms with Crippen LogP contribution in [0.2, 0.25) is 0 Å². The number of anilines is 1. The third-order valence-corrected chi connectivity index (χ3v) is 4.06. The molecule has 0 saturated heterocycles. The van der Waals surface area contributed by atoms with E-state index >= 15 is 0 Å². The van der Waals surface area contributed by atoms with Crippen LogP contribution >= 0.6 is 0 Å². The van der Waals surface area contributed by atoms with Gasteiger partial charge in [-0.25, -0.2) is 0 Å². The molecule has 1 amide bonds. The molecule has 0 aliphatic carbocycles. The summed E-state index contributed by atoms with van der Waals surface area (Å²) in [4.78, 5) is 10.7. The van der Waals surface area contributed by atoms with E-state index in [-0.39, 0.29) is 5.75 Å². The Bertz CT molecular complexity index is 865. The molecule has 0 aromatic heterocycles. The number of nitrogens with one attached hydrogen (secondary N) is 1. The molecule has 0 unspecified atom stereocenters. The number of phenols is 1. The van der Waals surface area contributed by atoms with Crippen molar-refractivity contribution in [3.63, 3.8) is 0 Å². The van der Waals surface area contributed by atoms with E-state index in [4.69, 9.17) is 9.47 Å². The average molecular weight is 367 g/mol. The van der Waals surface area contributed by atoms with E-state index in [9.17, 15) is 9.90 Å². The van der Waals surface area contributed by atoms with Crippen LogP contribution in [0.4, 0.5) is 5.69 Å². The third-order valence-electron chi connectivity index (χ3n) is 4.06. The minimum atomic E-state index is 0.149. The fraction of sp³-hybridized carbons (Fsp3) is 0.227. The predicted molar refractivity (Wildman–Crippen MR) is 109 cm³/mol. The number of carbonyl (C=O) groups excluding carboxylic acids is 1. The van der Waals surface area contributed by atoms with Crippen LogP contribution in [0.1, 0.15) is 30.5 Å². The Hall–Kier alpha value is -3.21. The average Bonchev–Trinajstić information content (AvgIpc) is 2.65. The summed E-state index contributed by atoms with van der Waals surface area (Å²) < 4.78 is 10.8. The van der Waals surface area contributed by atoms with Crippen molar-refractivity contribution in [2.24, 2.45) is 0 Å². The molecule has 27 heavy (non-hydrogen) atoms. The number of hydrogen-bond donors (Lipinski definition) is 2. The SMILES string of the molecule is COc1cc(/C=C/c2cc(O)cc(OC)c2CC=C(C)C)ccc1NC=O. The lowest BCUT2D eigenvalue weighted by Crippen LogP contribution is -1.97. The van der Waals surface area contributed by atoms with Gasteiger partial charge in [-0.2, -0.15) is 0 Å². The highest BCUT2D eigenvalue weighted by Crippen LogP contribution is 2.31. The minimum Gasteiger partial charge on any atom is -0.508 e. The van der Waals surface area contributed by atoms with E-state index in [1.807, 2.05) is 38.1 Å². The molecule has 0 bridgehead atoms. The molecule has 2 aromatic rings. The van der Waals surface area contributed by atoms with Crippen molar-refractivity contribution in [3.05, 3.63) is 58.7 Å². The number of carbonyl (C=O) groups is 1. The number of amides is 1. The first kappa shape index (κ1) is 20.1. The van der Waals surface area contributed by atoms with Gasteiger partial charge in [0.25, 0.3) is 0 Å². The Kier molecular flexibility index (Phi) is 7.06. The van der Waals surface area contributed by atoms with Crippen LogP contribution in [-0.4, -0.2) is 25.7 Å². The Morgan fingerprint density at radius 3 is 2.44 bits per heavy atom. The summed E-state index contributed by atoms with van der Waals surface area (Å²) in [5.41, 5.74) is 4.59. The van der Waals surface area contributed by atoms with Gasteiger partial charge in [0, 0.05) is 11.6 Å². The summed E-state index contributed by atoms with van der Waals surface area (Å²) in [7, 11) is 3.15. The first-order valence-corrected chi connectivity index (χ1v) is 8.58. The fourth-order valence-corrected chi connectivity index (χ4v) is 2.69. The van der Waals surface area contributed by atoms with Gasteiger partial charge in [-0.1, -0.05) is 29.9 Å². The molecule has 0 saturated carbocycles. The molecule has 5 nitrogen and oxygen atoms in total. The van der Waals surface area contributed by atoms with E-state index in [1.165, 1.54) is 5.57 Å². The molecule has 5 heteroatoms. The van der Waals surface area contributed by atoms with Gasteiger partial charge in [-0.3, -0.25) is 4.79 Å². The number of ether oxygens (including phenoxy) is 2. The van der Waals surface area contributed by atoms with Crippen LogP contribution in [0.15, 0.2) is 42.0 Å². The van der Waals surface area contributed by atoms with Gasteiger partial charge >= 0.3 is 0 Å². The molecular weight excluding hydrogens is 342 g/mol. The Balaban J connectivity index is 2.42. The molecule has 0 fully saturated rings.